The van der Waals surface area contributed by atoms with E-state index in [0.29, 0.717) is 5.76 Å². The van der Waals surface area contributed by atoms with Gasteiger partial charge in [0, 0.05) is 37.0 Å². The zero-order chi connectivity index (χ0) is 20.2. The van der Waals surface area contributed by atoms with Gasteiger partial charge in [-0.25, -0.2) is 0 Å². The van der Waals surface area contributed by atoms with Crippen molar-refractivity contribution < 1.29 is 14.1 Å². The van der Waals surface area contributed by atoms with E-state index in [-0.39, 0.29) is 23.8 Å². The quantitative estimate of drug-likeness (QED) is 0.706. The number of carbonyl (C=O) groups is 1. The van der Waals surface area contributed by atoms with E-state index in [4.69, 9.17) is 9.26 Å². The lowest BCUT2D eigenvalue weighted by Gasteiger charge is -2.35. The summed E-state index contributed by atoms with van der Waals surface area (Å²) < 4.78 is 11.2. The Morgan fingerprint density at radius 2 is 1.76 bits per heavy atom. The van der Waals surface area contributed by atoms with Crippen molar-refractivity contribution in [2.45, 2.75) is 32.6 Å². The topological polar surface area (TPSA) is 67.6 Å². The van der Waals surface area contributed by atoms with Crippen molar-refractivity contribution in [3.8, 4) is 11.3 Å². The van der Waals surface area contributed by atoms with Gasteiger partial charge in [0.15, 0.2) is 11.5 Å². The first-order valence-corrected chi connectivity index (χ1v) is 9.87. The molecule has 2 atom stereocenters. The molecule has 1 saturated heterocycles. The van der Waals surface area contributed by atoms with Gasteiger partial charge in [0.25, 0.3) is 5.91 Å². The van der Waals surface area contributed by atoms with Gasteiger partial charge >= 0.3 is 0 Å². The molecule has 6 heteroatoms. The van der Waals surface area contributed by atoms with Crippen molar-refractivity contribution in [3.05, 3.63) is 71.9 Å². The molecule has 0 spiro atoms. The summed E-state index contributed by atoms with van der Waals surface area (Å²) in [6, 6.07) is 19.1. The van der Waals surface area contributed by atoms with Gasteiger partial charge < -0.3 is 14.6 Å². The zero-order valence-electron chi connectivity index (χ0n) is 16.7. The summed E-state index contributed by atoms with van der Waals surface area (Å²) in [5, 5.41) is 6.92. The van der Waals surface area contributed by atoms with Crippen LogP contribution >= 0.6 is 0 Å². The van der Waals surface area contributed by atoms with Crippen LogP contribution in [0.25, 0.3) is 11.3 Å². The normalized spacial score (nSPS) is 19.8. The molecule has 29 heavy (non-hydrogen) atoms. The molecular formula is C23H25N3O3. The first-order valence-electron chi connectivity index (χ1n) is 9.87. The van der Waals surface area contributed by atoms with Crippen LogP contribution in [-0.4, -0.2) is 41.3 Å². The number of benzene rings is 2. The number of morpholine rings is 1. The number of nitrogens with zero attached hydrogens (tertiary/aromatic N) is 2. The first-order chi connectivity index (χ1) is 14.1. The molecule has 2 unspecified atom stereocenters. The largest absolute Gasteiger partial charge is 0.373 e. The minimum absolute atomic E-state index is 0.201. The minimum atomic E-state index is -0.285. The molecule has 6 nitrogen and oxygen atoms in total. The second-order valence-corrected chi connectivity index (χ2v) is 7.51. The van der Waals surface area contributed by atoms with Crippen molar-refractivity contribution in [1.82, 2.24) is 10.1 Å². The van der Waals surface area contributed by atoms with Crippen LogP contribution in [0.2, 0.25) is 0 Å². The number of carbonyl (C=O) groups excluding carboxylic acids is 1. The van der Waals surface area contributed by atoms with Gasteiger partial charge in [-0.2, -0.15) is 0 Å². The lowest BCUT2D eigenvalue weighted by atomic mass is 10.1. The van der Waals surface area contributed by atoms with Crippen LogP contribution < -0.4 is 5.32 Å². The summed E-state index contributed by atoms with van der Waals surface area (Å²) in [6.07, 6.45) is 0.402. The van der Waals surface area contributed by atoms with Gasteiger partial charge in [-0.3, -0.25) is 9.69 Å². The monoisotopic (exact) mass is 391 g/mol. The maximum atomic E-state index is 12.7. The molecule has 2 aromatic carbocycles. The van der Waals surface area contributed by atoms with Crippen molar-refractivity contribution in [2.75, 3.05) is 18.4 Å². The highest BCUT2D eigenvalue weighted by atomic mass is 16.5. The average molecular weight is 391 g/mol. The smallest absolute Gasteiger partial charge is 0.277 e. The molecule has 1 amide bonds. The summed E-state index contributed by atoms with van der Waals surface area (Å²) in [5.41, 5.74) is 2.99. The van der Waals surface area contributed by atoms with Gasteiger partial charge in [0.1, 0.15) is 0 Å². The molecule has 0 bridgehead atoms. The third-order valence-electron chi connectivity index (χ3n) is 4.96. The standard InChI is InChI=1S/C23H25N3O3/c1-16-13-26(14-17(2)28-16)15-19-10-6-7-11-20(19)24-23(27)21-12-22(29-25-21)18-8-4-3-5-9-18/h3-12,16-17H,13-15H2,1-2H3,(H,24,27). The number of para-hydroxylation sites is 1. The van der Waals surface area contributed by atoms with Gasteiger partial charge in [-0.15, -0.1) is 0 Å². The highest BCUT2D eigenvalue weighted by molar-refractivity contribution is 6.03. The molecular weight excluding hydrogens is 366 g/mol. The van der Waals surface area contributed by atoms with Crippen LogP contribution in [0.3, 0.4) is 0 Å². The van der Waals surface area contributed by atoms with Crippen molar-refractivity contribution in [1.29, 1.82) is 0 Å². The average Bonchev–Trinajstić information content (AvgIpc) is 3.20. The molecule has 2 heterocycles. The Kier molecular flexibility index (Phi) is 5.74. The number of hydrogen-bond donors (Lipinski definition) is 1. The Labute approximate surface area is 170 Å². The fourth-order valence-electron chi connectivity index (χ4n) is 3.74. The van der Waals surface area contributed by atoms with Crippen LogP contribution in [0.5, 0.6) is 0 Å². The molecule has 0 aliphatic carbocycles. The van der Waals surface area contributed by atoms with Gasteiger partial charge in [-0.1, -0.05) is 53.7 Å². The van der Waals surface area contributed by atoms with Crippen LogP contribution in [0.4, 0.5) is 5.69 Å². The first kappa shape index (κ1) is 19.4. The Morgan fingerprint density at radius 1 is 1.07 bits per heavy atom. The molecule has 1 aliphatic heterocycles. The lowest BCUT2D eigenvalue weighted by Crippen LogP contribution is -2.44. The van der Waals surface area contributed by atoms with Gasteiger partial charge in [-0.05, 0) is 25.5 Å². The van der Waals surface area contributed by atoms with Gasteiger partial charge in [0.2, 0.25) is 0 Å². The second-order valence-electron chi connectivity index (χ2n) is 7.51. The molecule has 0 radical (unpaired) electrons. The van der Waals surface area contributed by atoms with E-state index in [1.54, 1.807) is 6.07 Å². The van der Waals surface area contributed by atoms with Crippen molar-refractivity contribution in [3.63, 3.8) is 0 Å². The van der Waals surface area contributed by atoms with Crippen LogP contribution in [-0.2, 0) is 11.3 Å². The Balaban J connectivity index is 1.47. The number of ether oxygens (including phenoxy) is 1. The Hall–Kier alpha value is -2.96. The molecule has 150 valence electrons. The third-order valence-corrected chi connectivity index (χ3v) is 4.96. The molecule has 1 fully saturated rings. The van der Waals surface area contributed by atoms with Crippen LogP contribution in [0, 0.1) is 0 Å². The van der Waals surface area contributed by atoms with E-state index >= 15 is 0 Å². The summed E-state index contributed by atoms with van der Waals surface area (Å²) in [5.74, 6) is 0.285. The molecule has 3 aromatic rings. The van der Waals surface area contributed by atoms with E-state index < -0.39 is 0 Å². The van der Waals surface area contributed by atoms with Crippen LogP contribution in [0.1, 0.15) is 29.9 Å². The van der Waals surface area contributed by atoms with E-state index in [1.165, 1.54) is 0 Å². The lowest BCUT2D eigenvalue weighted by molar-refractivity contribution is -0.0704. The summed E-state index contributed by atoms with van der Waals surface area (Å²) in [4.78, 5) is 15.1. The maximum Gasteiger partial charge on any atom is 0.277 e. The molecule has 1 aliphatic rings. The van der Waals surface area contributed by atoms with Crippen molar-refractivity contribution in [2.24, 2.45) is 0 Å². The second kappa shape index (κ2) is 8.59. The maximum absolute atomic E-state index is 12.7. The molecule has 1 aromatic heterocycles. The Morgan fingerprint density at radius 3 is 2.52 bits per heavy atom. The highest BCUT2D eigenvalue weighted by Gasteiger charge is 2.23. The van der Waals surface area contributed by atoms with Crippen molar-refractivity contribution >= 4 is 11.6 Å². The Bertz CT molecular complexity index is 960. The summed E-state index contributed by atoms with van der Waals surface area (Å²) in [7, 11) is 0. The van der Waals surface area contributed by atoms with E-state index in [1.807, 2.05) is 54.6 Å². The van der Waals surface area contributed by atoms with E-state index in [0.717, 1.165) is 36.4 Å². The van der Waals surface area contributed by atoms with E-state index in [9.17, 15) is 4.79 Å². The molecule has 4 rings (SSSR count). The number of amides is 1. The predicted molar refractivity (Wildman–Crippen MR) is 112 cm³/mol. The summed E-state index contributed by atoms with van der Waals surface area (Å²) >= 11 is 0. The highest BCUT2D eigenvalue weighted by Crippen LogP contribution is 2.23. The van der Waals surface area contributed by atoms with Crippen LogP contribution in [0.15, 0.2) is 65.2 Å². The molecule has 0 saturated carbocycles. The SMILES string of the molecule is CC1CN(Cc2ccccc2NC(=O)c2cc(-c3ccccc3)on2)CC(C)O1. The minimum Gasteiger partial charge on any atom is -0.373 e. The van der Waals surface area contributed by atoms with E-state index in [2.05, 4.69) is 29.2 Å². The van der Waals surface area contributed by atoms with Gasteiger partial charge in [0.05, 0.1) is 12.2 Å². The fraction of sp³-hybridized carbons (Fsp3) is 0.304. The summed E-state index contributed by atoms with van der Waals surface area (Å²) in [6.45, 7) is 6.67. The zero-order valence-corrected chi connectivity index (χ0v) is 16.7. The number of nitrogens with one attached hydrogen (secondary N) is 1. The number of hydrogen-bond acceptors (Lipinski definition) is 5. The fourth-order valence-corrected chi connectivity index (χ4v) is 3.74. The number of rotatable bonds is 5. The predicted octanol–water partition coefficient (Wildman–Crippen LogP) is 4.20. The third kappa shape index (κ3) is 4.72. The number of anilines is 1. The number of aromatic nitrogens is 1. The molecule has 1 N–H and O–H groups in total.